The lowest BCUT2D eigenvalue weighted by molar-refractivity contribution is -0.305. The SMILES string of the molecule is O=C1NC2C(=CC(O)C(O)C2OC2C(CO)OC(O)C(O)C2O)c2cc3c(c(O)c21)OCO3. The van der Waals surface area contributed by atoms with Crippen LogP contribution in [0.5, 0.6) is 17.2 Å². The Morgan fingerprint density at radius 2 is 1.82 bits per heavy atom. The average molecular weight is 469 g/mol. The summed E-state index contributed by atoms with van der Waals surface area (Å²) in [4.78, 5) is 12.9. The molecule has 3 aliphatic heterocycles. The van der Waals surface area contributed by atoms with Crippen molar-refractivity contribution in [3.63, 3.8) is 0 Å². The molecule has 1 aliphatic carbocycles. The van der Waals surface area contributed by atoms with E-state index in [4.69, 9.17) is 18.9 Å². The molecule has 0 spiro atoms. The highest BCUT2D eigenvalue weighted by Crippen LogP contribution is 2.49. The third-order valence-corrected chi connectivity index (χ3v) is 6.32. The summed E-state index contributed by atoms with van der Waals surface area (Å²) in [6.07, 6.45) is -11.1. The zero-order valence-corrected chi connectivity index (χ0v) is 16.9. The van der Waals surface area contributed by atoms with Crippen molar-refractivity contribution in [3.05, 3.63) is 23.3 Å². The van der Waals surface area contributed by atoms with Gasteiger partial charge in [0.1, 0.15) is 42.7 Å². The molecule has 9 unspecified atom stereocenters. The number of aliphatic hydroxyl groups is 6. The van der Waals surface area contributed by atoms with E-state index >= 15 is 0 Å². The van der Waals surface area contributed by atoms with E-state index < -0.39 is 73.3 Å². The molecule has 13 heteroatoms. The van der Waals surface area contributed by atoms with E-state index in [-0.39, 0.29) is 29.4 Å². The molecule has 1 fully saturated rings. The molecule has 0 bridgehead atoms. The van der Waals surface area contributed by atoms with Crippen LogP contribution in [0.1, 0.15) is 15.9 Å². The fourth-order valence-electron chi connectivity index (χ4n) is 4.64. The van der Waals surface area contributed by atoms with Gasteiger partial charge < -0.3 is 60.0 Å². The van der Waals surface area contributed by atoms with Crippen molar-refractivity contribution in [1.82, 2.24) is 5.32 Å². The number of hydrogen-bond acceptors (Lipinski definition) is 12. The van der Waals surface area contributed by atoms with Gasteiger partial charge in [0, 0.05) is 5.56 Å². The van der Waals surface area contributed by atoms with Gasteiger partial charge in [-0.1, -0.05) is 0 Å². The summed E-state index contributed by atoms with van der Waals surface area (Å²) in [6.45, 7) is -0.851. The normalized spacial score (nSPS) is 39.4. The van der Waals surface area contributed by atoms with Gasteiger partial charge in [-0.2, -0.15) is 0 Å². The topological polar surface area (TPSA) is 208 Å². The number of aliphatic hydroxyl groups excluding tert-OH is 6. The van der Waals surface area contributed by atoms with Gasteiger partial charge in [-0.05, 0) is 17.7 Å². The third kappa shape index (κ3) is 3.36. The molecule has 33 heavy (non-hydrogen) atoms. The van der Waals surface area contributed by atoms with Gasteiger partial charge in [-0.15, -0.1) is 0 Å². The number of carbonyl (C=O) groups is 1. The Balaban J connectivity index is 1.53. The second kappa shape index (κ2) is 8.07. The van der Waals surface area contributed by atoms with E-state index in [1.54, 1.807) is 0 Å². The van der Waals surface area contributed by atoms with Gasteiger partial charge >= 0.3 is 0 Å². The lowest BCUT2D eigenvalue weighted by Crippen LogP contribution is -2.64. The summed E-state index contributed by atoms with van der Waals surface area (Å²) in [5.41, 5.74) is 0.407. The fraction of sp³-hybridized carbons (Fsp3) is 0.550. The van der Waals surface area contributed by atoms with Crippen LogP contribution < -0.4 is 14.8 Å². The summed E-state index contributed by atoms with van der Waals surface area (Å²) in [7, 11) is 0. The van der Waals surface area contributed by atoms with E-state index in [2.05, 4.69) is 5.32 Å². The first-order valence-corrected chi connectivity index (χ1v) is 10.2. The van der Waals surface area contributed by atoms with Crippen LogP contribution in [-0.2, 0) is 9.47 Å². The molecule has 1 aromatic carbocycles. The summed E-state index contributed by atoms with van der Waals surface area (Å²) in [5.74, 6) is -0.960. The molecule has 1 aromatic rings. The molecule has 5 rings (SSSR count). The molecule has 8 N–H and O–H groups in total. The number of ether oxygens (including phenoxy) is 4. The number of benzene rings is 1. The van der Waals surface area contributed by atoms with Crippen LogP contribution in [0.15, 0.2) is 12.1 Å². The number of nitrogens with one attached hydrogen (secondary N) is 1. The van der Waals surface area contributed by atoms with Crippen molar-refractivity contribution in [2.75, 3.05) is 13.4 Å². The number of hydrogen-bond donors (Lipinski definition) is 8. The summed E-state index contributed by atoms with van der Waals surface area (Å²) >= 11 is 0. The summed E-state index contributed by atoms with van der Waals surface area (Å²) < 4.78 is 21.4. The number of amides is 1. The highest BCUT2D eigenvalue weighted by atomic mass is 16.7. The van der Waals surface area contributed by atoms with E-state index in [0.717, 1.165) is 0 Å². The monoisotopic (exact) mass is 469 g/mol. The first-order chi connectivity index (χ1) is 15.7. The van der Waals surface area contributed by atoms with Crippen LogP contribution in [0.4, 0.5) is 0 Å². The van der Waals surface area contributed by atoms with E-state index in [0.29, 0.717) is 5.57 Å². The first-order valence-electron chi connectivity index (χ1n) is 10.2. The van der Waals surface area contributed by atoms with Crippen molar-refractivity contribution in [3.8, 4) is 17.2 Å². The van der Waals surface area contributed by atoms with Gasteiger partial charge in [-0.25, -0.2) is 0 Å². The molecular formula is C20H23NO12. The average Bonchev–Trinajstić information content (AvgIpc) is 3.26. The molecule has 13 nitrogen and oxygen atoms in total. The van der Waals surface area contributed by atoms with Gasteiger partial charge in [0.15, 0.2) is 17.8 Å². The Kier molecular flexibility index (Phi) is 5.46. The quantitative estimate of drug-likeness (QED) is 0.217. The Hall–Kier alpha value is -2.49. The zero-order valence-electron chi connectivity index (χ0n) is 16.9. The molecular weight excluding hydrogens is 446 g/mol. The second-order valence-corrected chi connectivity index (χ2v) is 8.23. The minimum absolute atomic E-state index is 0.00736. The molecule has 180 valence electrons. The van der Waals surface area contributed by atoms with Crippen molar-refractivity contribution < 1.29 is 59.5 Å². The number of rotatable bonds is 3. The minimum Gasteiger partial charge on any atom is -0.504 e. The molecule has 9 atom stereocenters. The standard InChI is InChI=1S/C20H23NO12/c22-3-9-17(14(26)15(27)20(29)32-9)33-18-11-6(1-7(23)12(18)24)5-2-8-16(31-4-30-8)13(25)10(5)19(28)21-11/h1-2,7,9,11-12,14-15,17-18,20,22-27,29H,3-4H2,(H,21,28). The lowest BCUT2D eigenvalue weighted by atomic mass is 9.79. The van der Waals surface area contributed by atoms with Crippen LogP contribution in [0.2, 0.25) is 0 Å². The fourth-order valence-corrected chi connectivity index (χ4v) is 4.64. The maximum absolute atomic E-state index is 12.9. The Labute approximate surface area is 186 Å². The minimum atomic E-state index is -1.78. The number of carbonyl (C=O) groups excluding carboxylic acids is 1. The Bertz CT molecular complexity index is 996. The molecule has 0 radical (unpaired) electrons. The maximum atomic E-state index is 12.9. The van der Waals surface area contributed by atoms with Crippen LogP contribution in [0, 0.1) is 0 Å². The van der Waals surface area contributed by atoms with Gasteiger partial charge in [0.05, 0.1) is 18.2 Å². The number of phenolic OH excluding ortho intramolecular Hbond substituents is 1. The summed E-state index contributed by atoms with van der Waals surface area (Å²) in [5, 5.41) is 74.0. The van der Waals surface area contributed by atoms with E-state index in [9.17, 15) is 40.5 Å². The van der Waals surface area contributed by atoms with Crippen LogP contribution >= 0.6 is 0 Å². The molecule has 0 saturated carbocycles. The molecule has 0 aromatic heterocycles. The van der Waals surface area contributed by atoms with Crippen LogP contribution in [0.25, 0.3) is 5.57 Å². The Morgan fingerprint density at radius 3 is 2.55 bits per heavy atom. The van der Waals surface area contributed by atoms with Gasteiger partial charge in [-0.3, -0.25) is 4.79 Å². The molecule has 1 saturated heterocycles. The largest absolute Gasteiger partial charge is 0.504 e. The third-order valence-electron chi connectivity index (χ3n) is 6.32. The molecule has 1 amide bonds. The van der Waals surface area contributed by atoms with Crippen molar-refractivity contribution in [2.45, 2.75) is 55.1 Å². The van der Waals surface area contributed by atoms with Crippen molar-refractivity contribution in [2.24, 2.45) is 0 Å². The first kappa shape index (κ1) is 22.3. The van der Waals surface area contributed by atoms with Crippen LogP contribution in [-0.4, -0.2) is 110 Å². The predicted octanol–water partition coefficient (Wildman–Crippen LogP) is -3.46. The predicted molar refractivity (Wildman–Crippen MR) is 104 cm³/mol. The maximum Gasteiger partial charge on any atom is 0.256 e. The van der Waals surface area contributed by atoms with Gasteiger partial charge in [0.25, 0.3) is 5.91 Å². The molecule has 3 heterocycles. The number of fused-ring (bicyclic) bond motifs is 4. The summed E-state index contributed by atoms with van der Waals surface area (Å²) in [6, 6.07) is 0.407. The van der Waals surface area contributed by atoms with E-state index in [1.807, 2.05) is 0 Å². The van der Waals surface area contributed by atoms with Crippen molar-refractivity contribution in [1.29, 1.82) is 0 Å². The van der Waals surface area contributed by atoms with Crippen LogP contribution in [0.3, 0.4) is 0 Å². The second-order valence-electron chi connectivity index (χ2n) is 8.23. The van der Waals surface area contributed by atoms with Gasteiger partial charge in [0.2, 0.25) is 12.5 Å². The Morgan fingerprint density at radius 1 is 1.06 bits per heavy atom. The zero-order chi connectivity index (χ0) is 23.6. The number of aromatic hydroxyl groups is 1. The lowest BCUT2D eigenvalue weighted by Gasteiger charge is -2.46. The highest BCUT2D eigenvalue weighted by Gasteiger charge is 2.51. The smallest absolute Gasteiger partial charge is 0.256 e. The number of phenols is 1. The van der Waals surface area contributed by atoms with Crippen molar-refractivity contribution >= 4 is 11.5 Å². The van der Waals surface area contributed by atoms with E-state index in [1.165, 1.54) is 12.1 Å². The highest BCUT2D eigenvalue weighted by molar-refractivity contribution is 6.07. The molecule has 4 aliphatic rings.